The number of hydrogen-bond donors (Lipinski definition) is 2. The Morgan fingerprint density at radius 2 is 1.75 bits per heavy atom. The Hall–Kier alpha value is -0.380. The molecule has 0 spiro atoms. The first-order valence-electron chi connectivity index (χ1n) is 5.97. The molecule has 16 heavy (non-hydrogen) atoms. The smallest absolute Gasteiger partial charge is 0.0208 e. The summed E-state index contributed by atoms with van der Waals surface area (Å²) >= 11 is 3.45. The quantitative estimate of drug-likeness (QED) is 0.895. The summed E-state index contributed by atoms with van der Waals surface area (Å²) in [6.45, 7) is 0.965. The van der Waals surface area contributed by atoms with E-state index >= 15 is 0 Å². The van der Waals surface area contributed by atoms with Gasteiger partial charge in [0.15, 0.2) is 0 Å². The first kappa shape index (κ1) is 12.1. The van der Waals surface area contributed by atoms with Gasteiger partial charge < -0.3 is 11.1 Å². The number of rotatable bonds is 3. The molecule has 0 amide bonds. The maximum absolute atomic E-state index is 5.89. The molecule has 0 radical (unpaired) electrons. The van der Waals surface area contributed by atoms with Gasteiger partial charge in [-0.05, 0) is 43.4 Å². The monoisotopic (exact) mass is 282 g/mol. The Morgan fingerprint density at radius 1 is 1.12 bits per heavy atom. The fourth-order valence-electron chi connectivity index (χ4n) is 2.19. The highest BCUT2D eigenvalue weighted by Gasteiger charge is 2.17. The third-order valence-corrected chi connectivity index (χ3v) is 3.81. The van der Waals surface area contributed by atoms with E-state index in [9.17, 15) is 0 Å². The van der Waals surface area contributed by atoms with Gasteiger partial charge in [-0.2, -0.15) is 0 Å². The zero-order chi connectivity index (χ0) is 11.4. The van der Waals surface area contributed by atoms with Crippen LogP contribution in [-0.4, -0.2) is 12.1 Å². The maximum atomic E-state index is 5.89. The van der Waals surface area contributed by atoms with Crippen molar-refractivity contribution in [3.8, 4) is 0 Å². The maximum Gasteiger partial charge on any atom is 0.0208 e. The Labute approximate surface area is 106 Å². The van der Waals surface area contributed by atoms with Gasteiger partial charge in [0.25, 0.3) is 0 Å². The van der Waals surface area contributed by atoms with Gasteiger partial charge in [-0.15, -0.1) is 0 Å². The van der Waals surface area contributed by atoms with Gasteiger partial charge in [0.2, 0.25) is 0 Å². The van der Waals surface area contributed by atoms with Gasteiger partial charge in [-0.3, -0.25) is 0 Å². The lowest BCUT2D eigenvalue weighted by Gasteiger charge is -2.26. The van der Waals surface area contributed by atoms with Gasteiger partial charge >= 0.3 is 0 Å². The molecule has 0 unspecified atom stereocenters. The zero-order valence-electron chi connectivity index (χ0n) is 9.45. The van der Waals surface area contributed by atoms with E-state index in [1.165, 1.54) is 18.4 Å². The van der Waals surface area contributed by atoms with E-state index in [0.29, 0.717) is 12.1 Å². The standard InChI is InChI=1S/C13H19BrN2/c14-11-3-1-10(2-4-11)9-16-13-7-5-12(15)6-8-13/h1-4,12-13,16H,5-9,15H2. The summed E-state index contributed by atoms with van der Waals surface area (Å²) in [5, 5.41) is 3.61. The molecule has 0 saturated heterocycles. The van der Waals surface area contributed by atoms with Crippen LogP contribution in [0.4, 0.5) is 0 Å². The normalized spacial score (nSPS) is 25.6. The number of halogens is 1. The minimum atomic E-state index is 0.436. The van der Waals surface area contributed by atoms with Crippen LogP contribution in [0.15, 0.2) is 28.7 Å². The van der Waals surface area contributed by atoms with E-state index in [-0.39, 0.29) is 0 Å². The molecular weight excluding hydrogens is 264 g/mol. The molecule has 3 N–H and O–H groups in total. The summed E-state index contributed by atoms with van der Waals surface area (Å²) in [7, 11) is 0. The number of nitrogens with two attached hydrogens (primary N) is 1. The van der Waals surface area contributed by atoms with Gasteiger partial charge in [0.1, 0.15) is 0 Å². The van der Waals surface area contributed by atoms with Crippen molar-refractivity contribution in [2.75, 3.05) is 0 Å². The third kappa shape index (κ3) is 3.58. The molecule has 1 fully saturated rings. The predicted molar refractivity (Wildman–Crippen MR) is 71.2 cm³/mol. The molecule has 88 valence electrons. The second kappa shape index (κ2) is 5.80. The van der Waals surface area contributed by atoms with Crippen LogP contribution in [0.1, 0.15) is 31.2 Å². The van der Waals surface area contributed by atoms with Crippen LogP contribution >= 0.6 is 15.9 Å². The Kier molecular flexibility index (Phi) is 4.38. The Balaban J connectivity index is 1.77. The van der Waals surface area contributed by atoms with Crippen molar-refractivity contribution in [3.05, 3.63) is 34.3 Å². The van der Waals surface area contributed by atoms with Crippen LogP contribution in [0.5, 0.6) is 0 Å². The highest BCUT2D eigenvalue weighted by atomic mass is 79.9. The zero-order valence-corrected chi connectivity index (χ0v) is 11.0. The molecule has 0 atom stereocenters. The first-order valence-corrected chi connectivity index (χ1v) is 6.77. The molecule has 0 bridgehead atoms. The van der Waals surface area contributed by atoms with Crippen molar-refractivity contribution < 1.29 is 0 Å². The second-order valence-electron chi connectivity index (χ2n) is 4.62. The minimum absolute atomic E-state index is 0.436. The fraction of sp³-hybridized carbons (Fsp3) is 0.538. The molecule has 1 saturated carbocycles. The van der Waals surface area contributed by atoms with Gasteiger partial charge in [-0.25, -0.2) is 0 Å². The van der Waals surface area contributed by atoms with E-state index in [4.69, 9.17) is 5.73 Å². The lowest BCUT2D eigenvalue weighted by atomic mass is 9.92. The van der Waals surface area contributed by atoms with Crippen LogP contribution in [-0.2, 0) is 6.54 Å². The lowest BCUT2D eigenvalue weighted by molar-refractivity contribution is 0.342. The summed E-state index contributed by atoms with van der Waals surface area (Å²) in [5.41, 5.74) is 7.23. The van der Waals surface area contributed by atoms with Crippen LogP contribution in [0.25, 0.3) is 0 Å². The lowest BCUT2D eigenvalue weighted by Crippen LogP contribution is -2.36. The third-order valence-electron chi connectivity index (χ3n) is 3.28. The summed E-state index contributed by atoms with van der Waals surface area (Å²) in [5.74, 6) is 0. The van der Waals surface area contributed by atoms with Gasteiger partial charge in [0, 0.05) is 23.1 Å². The van der Waals surface area contributed by atoms with Crippen molar-refractivity contribution in [1.82, 2.24) is 5.32 Å². The van der Waals surface area contributed by atoms with Crippen molar-refractivity contribution in [2.24, 2.45) is 5.73 Å². The van der Waals surface area contributed by atoms with E-state index in [1.54, 1.807) is 0 Å². The van der Waals surface area contributed by atoms with Crippen molar-refractivity contribution in [3.63, 3.8) is 0 Å². The Morgan fingerprint density at radius 3 is 2.38 bits per heavy atom. The van der Waals surface area contributed by atoms with Crippen LogP contribution in [0.3, 0.4) is 0 Å². The average Bonchev–Trinajstić information content (AvgIpc) is 2.30. The summed E-state index contributed by atoms with van der Waals surface area (Å²) < 4.78 is 1.14. The van der Waals surface area contributed by atoms with Gasteiger partial charge in [-0.1, -0.05) is 28.1 Å². The van der Waals surface area contributed by atoms with E-state index in [2.05, 4.69) is 45.5 Å². The SMILES string of the molecule is NC1CCC(NCc2ccc(Br)cc2)CC1. The molecule has 2 rings (SSSR count). The van der Waals surface area contributed by atoms with Crippen LogP contribution in [0, 0.1) is 0 Å². The van der Waals surface area contributed by atoms with Crippen LogP contribution < -0.4 is 11.1 Å². The predicted octanol–water partition coefficient (Wildman–Crippen LogP) is 2.81. The van der Waals surface area contributed by atoms with E-state index in [1.807, 2.05) is 0 Å². The summed E-state index contributed by atoms with van der Waals surface area (Å²) in [6, 6.07) is 9.59. The average molecular weight is 283 g/mol. The number of hydrogen-bond acceptors (Lipinski definition) is 2. The molecule has 0 aliphatic heterocycles. The van der Waals surface area contributed by atoms with E-state index < -0.39 is 0 Å². The first-order chi connectivity index (χ1) is 7.74. The molecule has 0 aromatic heterocycles. The number of nitrogens with one attached hydrogen (secondary N) is 1. The highest BCUT2D eigenvalue weighted by Crippen LogP contribution is 2.17. The topological polar surface area (TPSA) is 38.0 Å². The molecule has 1 aromatic carbocycles. The van der Waals surface area contributed by atoms with Crippen molar-refractivity contribution in [2.45, 2.75) is 44.3 Å². The van der Waals surface area contributed by atoms with E-state index in [0.717, 1.165) is 23.9 Å². The fourth-order valence-corrected chi connectivity index (χ4v) is 2.45. The highest BCUT2D eigenvalue weighted by molar-refractivity contribution is 9.10. The summed E-state index contributed by atoms with van der Waals surface area (Å²) in [6.07, 6.45) is 4.77. The van der Waals surface area contributed by atoms with Crippen molar-refractivity contribution >= 4 is 15.9 Å². The summed E-state index contributed by atoms with van der Waals surface area (Å²) in [4.78, 5) is 0. The molecule has 1 aliphatic carbocycles. The molecular formula is C13H19BrN2. The molecule has 2 nitrogen and oxygen atoms in total. The Bertz CT molecular complexity index is 315. The molecule has 1 aliphatic rings. The van der Waals surface area contributed by atoms with Crippen molar-refractivity contribution in [1.29, 1.82) is 0 Å². The molecule has 1 aromatic rings. The number of benzene rings is 1. The molecule has 3 heteroatoms. The van der Waals surface area contributed by atoms with Gasteiger partial charge in [0.05, 0.1) is 0 Å². The minimum Gasteiger partial charge on any atom is -0.328 e. The van der Waals surface area contributed by atoms with Crippen LogP contribution in [0.2, 0.25) is 0 Å². The second-order valence-corrected chi connectivity index (χ2v) is 5.53. The largest absolute Gasteiger partial charge is 0.328 e. The molecule has 0 heterocycles.